The summed E-state index contributed by atoms with van der Waals surface area (Å²) >= 11 is 8.40. The van der Waals surface area contributed by atoms with Crippen molar-refractivity contribution in [3.63, 3.8) is 0 Å². The molecule has 7 heteroatoms. The van der Waals surface area contributed by atoms with Crippen LogP contribution < -0.4 is 0 Å². The summed E-state index contributed by atoms with van der Waals surface area (Å²) in [5, 5.41) is 0. The molecule has 1 aromatic carbocycles. The Hall–Kier alpha value is 0.440. The van der Waals surface area contributed by atoms with E-state index in [4.69, 9.17) is 0 Å². The van der Waals surface area contributed by atoms with Crippen LogP contribution in [-0.2, 0) is 10.0 Å². The Balaban J connectivity index is 2.40. The van der Waals surface area contributed by atoms with Crippen LogP contribution >= 0.6 is 43.6 Å². The SMILES string of the molecule is O=S(=O)(c1cc(Br)ccc1Br)N1CCSCC1. The molecule has 0 bridgehead atoms. The molecule has 0 aliphatic carbocycles. The van der Waals surface area contributed by atoms with Gasteiger partial charge in [0.15, 0.2) is 0 Å². The van der Waals surface area contributed by atoms with Gasteiger partial charge in [-0.3, -0.25) is 0 Å². The highest BCUT2D eigenvalue weighted by atomic mass is 79.9. The van der Waals surface area contributed by atoms with Gasteiger partial charge in [0.25, 0.3) is 0 Å². The zero-order valence-electron chi connectivity index (χ0n) is 8.90. The van der Waals surface area contributed by atoms with Crippen molar-refractivity contribution in [1.29, 1.82) is 0 Å². The second-order valence-corrected chi connectivity index (χ2v) is 8.49. The molecule has 94 valence electrons. The average Bonchev–Trinajstić information content (AvgIpc) is 2.33. The van der Waals surface area contributed by atoms with Gasteiger partial charge in [0.05, 0.1) is 4.90 Å². The molecule has 1 heterocycles. The zero-order chi connectivity index (χ0) is 12.5. The summed E-state index contributed by atoms with van der Waals surface area (Å²) in [5.74, 6) is 1.73. The summed E-state index contributed by atoms with van der Waals surface area (Å²) in [6.07, 6.45) is 0. The van der Waals surface area contributed by atoms with Gasteiger partial charge < -0.3 is 0 Å². The maximum Gasteiger partial charge on any atom is 0.244 e. The van der Waals surface area contributed by atoms with E-state index in [-0.39, 0.29) is 0 Å². The van der Waals surface area contributed by atoms with E-state index in [1.807, 2.05) is 6.07 Å². The van der Waals surface area contributed by atoms with Crippen molar-refractivity contribution in [1.82, 2.24) is 4.31 Å². The Morgan fingerprint density at radius 1 is 1.18 bits per heavy atom. The van der Waals surface area contributed by atoms with Gasteiger partial charge >= 0.3 is 0 Å². The Morgan fingerprint density at radius 3 is 2.47 bits per heavy atom. The van der Waals surface area contributed by atoms with Gasteiger partial charge in [-0.25, -0.2) is 8.42 Å². The Kier molecular flexibility index (Phi) is 4.57. The molecule has 1 aliphatic heterocycles. The van der Waals surface area contributed by atoms with E-state index in [0.717, 1.165) is 16.0 Å². The minimum absolute atomic E-state index is 0.332. The van der Waals surface area contributed by atoms with Gasteiger partial charge in [-0.1, -0.05) is 15.9 Å². The van der Waals surface area contributed by atoms with Gasteiger partial charge in [-0.05, 0) is 34.1 Å². The highest BCUT2D eigenvalue weighted by molar-refractivity contribution is 9.11. The van der Waals surface area contributed by atoms with Gasteiger partial charge in [0, 0.05) is 33.5 Å². The van der Waals surface area contributed by atoms with Crippen molar-refractivity contribution in [2.45, 2.75) is 4.90 Å². The monoisotopic (exact) mass is 399 g/mol. The van der Waals surface area contributed by atoms with Crippen LogP contribution in [0.1, 0.15) is 0 Å². The van der Waals surface area contributed by atoms with Crippen LogP contribution in [0.15, 0.2) is 32.0 Å². The molecule has 0 amide bonds. The topological polar surface area (TPSA) is 37.4 Å². The van der Waals surface area contributed by atoms with Crippen LogP contribution in [0.2, 0.25) is 0 Å². The lowest BCUT2D eigenvalue weighted by molar-refractivity contribution is 0.443. The number of sulfonamides is 1. The zero-order valence-corrected chi connectivity index (χ0v) is 13.7. The summed E-state index contributed by atoms with van der Waals surface area (Å²) in [5.41, 5.74) is 0. The van der Waals surface area contributed by atoms with E-state index < -0.39 is 10.0 Å². The fourth-order valence-electron chi connectivity index (χ4n) is 1.60. The smallest absolute Gasteiger partial charge is 0.207 e. The molecule has 1 fully saturated rings. The third-order valence-corrected chi connectivity index (χ3v) is 6.81. The molecule has 2 rings (SSSR count). The van der Waals surface area contributed by atoms with Crippen molar-refractivity contribution in [3.05, 3.63) is 27.1 Å². The van der Waals surface area contributed by atoms with Crippen molar-refractivity contribution in [2.75, 3.05) is 24.6 Å². The molecule has 0 saturated carbocycles. The third-order valence-electron chi connectivity index (χ3n) is 2.48. The fourth-order valence-corrected chi connectivity index (χ4v) is 5.64. The first-order valence-electron chi connectivity index (χ1n) is 5.05. The summed E-state index contributed by atoms with van der Waals surface area (Å²) in [6, 6.07) is 5.20. The van der Waals surface area contributed by atoms with Crippen molar-refractivity contribution in [2.24, 2.45) is 0 Å². The van der Waals surface area contributed by atoms with Gasteiger partial charge in [-0.15, -0.1) is 0 Å². The standard InChI is InChI=1S/C10H11Br2NO2S2/c11-8-1-2-9(12)10(7-8)17(14,15)13-3-5-16-6-4-13/h1-2,7H,3-6H2. The summed E-state index contributed by atoms with van der Waals surface area (Å²) in [4.78, 5) is 0.332. The molecule has 17 heavy (non-hydrogen) atoms. The first kappa shape index (κ1) is 13.9. The first-order chi connectivity index (χ1) is 8.01. The van der Waals surface area contributed by atoms with Crippen molar-refractivity contribution < 1.29 is 8.42 Å². The summed E-state index contributed by atoms with van der Waals surface area (Å²) in [7, 11) is -3.37. The molecule has 1 saturated heterocycles. The first-order valence-corrected chi connectivity index (χ1v) is 9.23. The quantitative estimate of drug-likeness (QED) is 0.765. The highest BCUT2D eigenvalue weighted by Crippen LogP contribution is 2.29. The number of halogens is 2. The third kappa shape index (κ3) is 3.07. The molecular weight excluding hydrogens is 390 g/mol. The Bertz CT molecular complexity index is 513. The van der Waals surface area contributed by atoms with Gasteiger partial charge in [0.1, 0.15) is 0 Å². The Labute approximate surface area is 122 Å². The minimum Gasteiger partial charge on any atom is -0.207 e. The van der Waals surface area contributed by atoms with Crippen LogP contribution in [0, 0.1) is 0 Å². The number of nitrogens with zero attached hydrogens (tertiary/aromatic N) is 1. The largest absolute Gasteiger partial charge is 0.244 e. The molecular formula is C10H11Br2NO2S2. The lowest BCUT2D eigenvalue weighted by Crippen LogP contribution is -2.38. The van der Waals surface area contributed by atoms with Crippen molar-refractivity contribution in [3.8, 4) is 0 Å². The average molecular weight is 401 g/mol. The number of benzene rings is 1. The Morgan fingerprint density at radius 2 is 1.82 bits per heavy atom. The predicted octanol–water partition coefficient (Wildman–Crippen LogP) is 2.95. The van der Waals surface area contributed by atoms with Crippen LogP contribution in [0.3, 0.4) is 0 Å². The second-order valence-electron chi connectivity index (χ2n) is 3.59. The molecule has 3 nitrogen and oxygen atoms in total. The lowest BCUT2D eigenvalue weighted by atomic mass is 10.4. The predicted molar refractivity (Wildman–Crippen MR) is 77.9 cm³/mol. The number of thioether (sulfide) groups is 1. The van der Waals surface area contributed by atoms with Crippen LogP contribution in [0.25, 0.3) is 0 Å². The number of hydrogen-bond donors (Lipinski definition) is 0. The van der Waals surface area contributed by atoms with Crippen molar-refractivity contribution >= 4 is 53.6 Å². The van der Waals surface area contributed by atoms with Gasteiger partial charge in [-0.2, -0.15) is 16.1 Å². The second kappa shape index (κ2) is 5.61. The van der Waals surface area contributed by atoms with Crippen LogP contribution in [-0.4, -0.2) is 37.3 Å². The molecule has 0 N–H and O–H groups in total. The number of rotatable bonds is 2. The molecule has 0 atom stereocenters. The lowest BCUT2D eigenvalue weighted by Gasteiger charge is -2.26. The van der Waals surface area contributed by atoms with E-state index in [2.05, 4.69) is 31.9 Å². The number of hydrogen-bond acceptors (Lipinski definition) is 3. The molecule has 1 aliphatic rings. The maximum absolute atomic E-state index is 12.4. The van der Waals surface area contributed by atoms with Crippen LogP contribution in [0.4, 0.5) is 0 Å². The van der Waals surface area contributed by atoms with E-state index in [0.29, 0.717) is 22.5 Å². The highest BCUT2D eigenvalue weighted by Gasteiger charge is 2.27. The minimum atomic E-state index is -3.37. The fraction of sp³-hybridized carbons (Fsp3) is 0.400. The maximum atomic E-state index is 12.4. The molecule has 0 aromatic heterocycles. The summed E-state index contributed by atoms with van der Waals surface area (Å²) < 4.78 is 27.8. The van der Waals surface area contributed by atoms with Crippen LogP contribution in [0.5, 0.6) is 0 Å². The molecule has 1 aromatic rings. The molecule has 0 radical (unpaired) electrons. The molecule has 0 unspecified atom stereocenters. The van der Waals surface area contributed by atoms with E-state index in [1.54, 1.807) is 28.2 Å². The van der Waals surface area contributed by atoms with E-state index in [1.165, 1.54) is 0 Å². The summed E-state index contributed by atoms with van der Waals surface area (Å²) in [6.45, 7) is 1.18. The van der Waals surface area contributed by atoms with Gasteiger partial charge in [0.2, 0.25) is 10.0 Å². The molecule has 0 spiro atoms. The van der Waals surface area contributed by atoms with E-state index in [9.17, 15) is 8.42 Å². The normalized spacial score (nSPS) is 18.2. The van der Waals surface area contributed by atoms with E-state index >= 15 is 0 Å².